The minimum atomic E-state index is -0.328. The maximum Gasteiger partial charge on any atom is 0.224 e. The fraction of sp³-hybridized carbons (Fsp3) is 0.529. The topological polar surface area (TPSA) is 45.7 Å². The number of aromatic nitrogens is 1. The van der Waals surface area contributed by atoms with Crippen LogP contribution in [-0.2, 0) is 9.53 Å². The summed E-state index contributed by atoms with van der Waals surface area (Å²) < 4.78 is 5.40. The van der Waals surface area contributed by atoms with Gasteiger partial charge in [-0.05, 0) is 38.5 Å². The number of nitrogens with zero attached hydrogens (tertiary/aromatic N) is 3. The lowest BCUT2D eigenvalue weighted by atomic mass is 9.91. The van der Waals surface area contributed by atoms with E-state index in [4.69, 9.17) is 9.72 Å². The lowest BCUT2D eigenvalue weighted by molar-refractivity contribution is -0.117. The van der Waals surface area contributed by atoms with Gasteiger partial charge in [0, 0.05) is 20.0 Å². The number of allylic oxidation sites excluding steroid dienone is 1. The molecule has 3 heterocycles. The van der Waals surface area contributed by atoms with Gasteiger partial charge in [0.2, 0.25) is 5.91 Å². The molecule has 1 aromatic rings. The number of rotatable bonds is 1. The van der Waals surface area contributed by atoms with Gasteiger partial charge in [0.05, 0.1) is 30.1 Å². The van der Waals surface area contributed by atoms with E-state index >= 15 is 0 Å². The Labute approximate surface area is 131 Å². The van der Waals surface area contributed by atoms with Crippen LogP contribution in [0.2, 0.25) is 0 Å². The van der Waals surface area contributed by atoms with Crippen LogP contribution in [0.4, 0.5) is 11.5 Å². The molecule has 3 rings (SSSR count). The second-order valence-corrected chi connectivity index (χ2v) is 6.47. The third-order valence-corrected chi connectivity index (χ3v) is 4.27. The number of hydrogen-bond donors (Lipinski definition) is 0. The molecule has 118 valence electrons. The Kier molecular flexibility index (Phi) is 3.68. The molecule has 5 nitrogen and oxygen atoms in total. The molecule has 0 aliphatic carbocycles. The highest BCUT2D eigenvalue weighted by Gasteiger charge is 2.35. The molecule has 2 aliphatic heterocycles. The summed E-state index contributed by atoms with van der Waals surface area (Å²) in [4.78, 5) is 21.0. The van der Waals surface area contributed by atoms with Gasteiger partial charge < -0.3 is 14.5 Å². The van der Waals surface area contributed by atoms with Gasteiger partial charge in [0.25, 0.3) is 0 Å². The van der Waals surface area contributed by atoms with Crippen molar-refractivity contribution >= 4 is 23.0 Å². The van der Waals surface area contributed by atoms with Crippen molar-refractivity contribution in [3.63, 3.8) is 0 Å². The van der Waals surface area contributed by atoms with Crippen molar-refractivity contribution in [2.75, 3.05) is 36.1 Å². The van der Waals surface area contributed by atoms with Crippen LogP contribution < -0.4 is 9.80 Å². The molecule has 2 aliphatic rings. The molecule has 5 heteroatoms. The summed E-state index contributed by atoms with van der Waals surface area (Å²) in [5, 5.41) is 0. The predicted octanol–water partition coefficient (Wildman–Crippen LogP) is 2.47. The number of carbonyl (C=O) groups is 1. The summed E-state index contributed by atoms with van der Waals surface area (Å²) >= 11 is 0. The maximum atomic E-state index is 12.1. The van der Waals surface area contributed by atoms with E-state index in [1.807, 2.05) is 17.0 Å². The Morgan fingerprint density at radius 2 is 1.95 bits per heavy atom. The molecule has 22 heavy (non-hydrogen) atoms. The Hall–Kier alpha value is -1.88. The largest absolute Gasteiger partial charge is 0.378 e. The first kappa shape index (κ1) is 15.0. The third-order valence-electron chi connectivity index (χ3n) is 4.27. The second kappa shape index (κ2) is 5.39. The van der Waals surface area contributed by atoms with Crippen molar-refractivity contribution in [1.29, 1.82) is 0 Å². The van der Waals surface area contributed by atoms with E-state index in [9.17, 15) is 4.79 Å². The molecule has 0 unspecified atom stereocenters. The highest BCUT2D eigenvalue weighted by atomic mass is 16.5. The fourth-order valence-electron chi connectivity index (χ4n) is 3.43. The second-order valence-electron chi connectivity index (χ2n) is 6.47. The van der Waals surface area contributed by atoms with Crippen LogP contribution in [0.25, 0.3) is 5.57 Å². The Morgan fingerprint density at radius 1 is 1.27 bits per heavy atom. The van der Waals surface area contributed by atoms with Crippen molar-refractivity contribution in [3.05, 3.63) is 23.9 Å². The van der Waals surface area contributed by atoms with Crippen molar-refractivity contribution in [3.8, 4) is 0 Å². The van der Waals surface area contributed by atoms with Crippen LogP contribution in [0.3, 0.4) is 0 Å². The zero-order chi connectivity index (χ0) is 15.9. The average molecular weight is 301 g/mol. The molecule has 0 saturated carbocycles. The Balaban J connectivity index is 2.04. The van der Waals surface area contributed by atoms with Crippen LogP contribution in [0, 0.1) is 0 Å². The molecule has 0 spiro atoms. The molecular weight excluding hydrogens is 278 g/mol. The van der Waals surface area contributed by atoms with E-state index in [0.29, 0.717) is 0 Å². The molecule has 0 aromatic carbocycles. The summed E-state index contributed by atoms with van der Waals surface area (Å²) in [6.45, 7) is 11.0. The minimum Gasteiger partial charge on any atom is -0.378 e. The molecule has 0 bridgehead atoms. The van der Waals surface area contributed by atoms with Gasteiger partial charge in [0.1, 0.15) is 5.82 Å². The van der Waals surface area contributed by atoms with E-state index < -0.39 is 0 Å². The summed E-state index contributed by atoms with van der Waals surface area (Å²) in [5.74, 6) is 0.994. The van der Waals surface area contributed by atoms with Crippen LogP contribution in [0.15, 0.2) is 18.2 Å². The van der Waals surface area contributed by atoms with E-state index in [2.05, 4.69) is 31.7 Å². The van der Waals surface area contributed by atoms with Gasteiger partial charge in [-0.1, -0.05) is 6.08 Å². The molecule has 0 radical (unpaired) electrons. The summed E-state index contributed by atoms with van der Waals surface area (Å²) in [7, 11) is 0. The van der Waals surface area contributed by atoms with E-state index in [1.165, 1.54) is 0 Å². The highest BCUT2D eigenvalue weighted by Crippen LogP contribution is 2.38. The smallest absolute Gasteiger partial charge is 0.224 e. The normalized spacial score (nSPS) is 20.5. The SMILES string of the molecule is CC(=O)N1c2ccc(N3CCOCC3)nc2C(C)=CC1(C)C. The van der Waals surface area contributed by atoms with Crippen molar-refractivity contribution < 1.29 is 9.53 Å². The standard InChI is InChI=1S/C17H23N3O2/c1-12-11-17(3,4)20(13(2)21)14-5-6-15(18-16(12)14)19-7-9-22-10-8-19/h5-6,11H,7-10H2,1-4H3. The van der Waals surface area contributed by atoms with Crippen LogP contribution in [0.1, 0.15) is 33.4 Å². The quantitative estimate of drug-likeness (QED) is 0.799. The Morgan fingerprint density at radius 3 is 2.59 bits per heavy atom. The number of ether oxygens (including phenoxy) is 1. The molecule has 0 N–H and O–H groups in total. The fourth-order valence-corrected chi connectivity index (χ4v) is 3.43. The summed E-state index contributed by atoms with van der Waals surface area (Å²) in [5.41, 5.74) is 2.59. The maximum absolute atomic E-state index is 12.1. The lowest BCUT2D eigenvalue weighted by Crippen LogP contribution is -2.48. The first-order chi connectivity index (χ1) is 10.4. The minimum absolute atomic E-state index is 0.0379. The van der Waals surface area contributed by atoms with E-state index in [0.717, 1.165) is 49.1 Å². The van der Waals surface area contributed by atoms with Gasteiger partial charge in [-0.2, -0.15) is 0 Å². The van der Waals surface area contributed by atoms with Gasteiger partial charge in [-0.25, -0.2) is 4.98 Å². The number of morpholine rings is 1. The van der Waals surface area contributed by atoms with Crippen molar-refractivity contribution in [2.24, 2.45) is 0 Å². The van der Waals surface area contributed by atoms with Gasteiger partial charge in [-0.15, -0.1) is 0 Å². The zero-order valence-corrected chi connectivity index (χ0v) is 13.7. The van der Waals surface area contributed by atoms with Crippen LogP contribution in [0.5, 0.6) is 0 Å². The van der Waals surface area contributed by atoms with Crippen LogP contribution in [-0.4, -0.2) is 42.7 Å². The first-order valence-electron chi connectivity index (χ1n) is 7.74. The number of carbonyl (C=O) groups excluding carboxylic acids is 1. The zero-order valence-electron chi connectivity index (χ0n) is 13.7. The van der Waals surface area contributed by atoms with E-state index in [1.54, 1.807) is 6.92 Å². The molecule has 0 atom stereocenters. The summed E-state index contributed by atoms with van der Waals surface area (Å²) in [6, 6.07) is 4.03. The molecular formula is C17H23N3O2. The van der Waals surface area contributed by atoms with Gasteiger partial charge in [-0.3, -0.25) is 4.79 Å². The monoisotopic (exact) mass is 301 g/mol. The first-order valence-corrected chi connectivity index (χ1v) is 7.74. The molecule has 1 saturated heterocycles. The van der Waals surface area contributed by atoms with Crippen molar-refractivity contribution in [1.82, 2.24) is 4.98 Å². The molecule has 1 aromatic heterocycles. The lowest BCUT2D eigenvalue weighted by Gasteiger charge is -2.41. The van der Waals surface area contributed by atoms with E-state index in [-0.39, 0.29) is 11.4 Å². The third kappa shape index (κ3) is 2.50. The number of fused-ring (bicyclic) bond motifs is 1. The van der Waals surface area contributed by atoms with Crippen molar-refractivity contribution in [2.45, 2.75) is 33.2 Å². The number of pyridine rings is 1. The Bertz CT molecular complexity index is 631. The van der Waals surface area contributed by atoms with Gasteiger partial charge >= 0.3 is 0 Å². The van der Waals surface area contributed by atoms with Crippen LogP contribution >= 0.6 is 0 Å². The predicted molar refractivity (Wildman–Crippen MR) is 88.2 cm³/mol. The molecule has 1 fully saturated rings. The average Bonchev–Trinajstić information content (AvgIpc) is 2.46. The van der Waals surface area contributed by atoms with Gasteiger partial charge in [0.15, 0.2) is 0 Å². The molecule has 1 amide bonds. The number of amides is 1. The highest BCUT2D eigenvalue weighted by molar-refractivity contribution is 5.98. The number of hydrogen-bond acceptors (Lipinski definition) is 4. The summed E-state index contributed by atoms with van der Waals surface area (Å²) in [6.07, 6.45) is 2.12. The number of anilines is 2.